The molecule has 107 heavy (non-hydrogen) atoms. The summed E-state index contributed by atoms with van der Waals surface area (Å²) in [5.74, 6) is -9.42. The standard InChI is InChI=1S/C79H77Cl2N9O17/c80-50-19-31-1-7-56(50)106-59-26-44-27-60(72(59)97)107-57-8-4-38(24-51(57)81)70(95)69-79(104)89-68(78(103)85-64-41-15-34-10-35(17-41)18-42(64)16-34)48-29-55(94)49(30-83-63-39-11-32-9-33(13-39)14-40(63)12-32)71(96)61(48)47-23-37(3-5-53(47)92)65(75(100)90-69)87-77(102)67(44)88-76(101)66-43-21-45(91)28-46(22-43)105-58-25-36(2-6-54(58)93)62(82)74(99)84-52(20-31)73(98)86-66/h1-8,19,21-29,32-35,39-42,52,62-70,83,91-97H,9-18,20,30,82H2,(H,84,99)(H,85,103)(H,86,98)(H,87,102)(H,88,101)(H,89,104)(H,90,100)/t32?,33?,34?,35?,39?,40?,41?,42?,52?,62?,63?,64?,65?,66?,67?,68-,69?,70?/m1/s1. The number of aliphatic hydroxyl groups excluding tert-OH is 1. The van der Waals surface area contributed by atoms with Crippen LogP contribution in [0.2, 0.25) is 10.0 Å². The lowest BCUT2D eigenvalue weighted by molar-refractivity contribution is -0.137. The average molecular weight is 1500 g/mol. The van der Waals surface area contributed by atoms with Gasteiger partial charge in [0.1, 0.15) is 88.6 Å². The number of nitrogens with two attached hydrogens (primary N) is 1. The first-order valence-corrected chi connectivity index (χ1v) is 37.0. The summed E-state index contributed by atoms with van der Waals surface area (Å²) in [4.78, 5) is 109. The lowest BCUT2D eigenvalue weighted by Crippen LogP contribution is -2.59. The summed E-state index contributed by atoms with van der Waals surface area (Å²) in [7, 11) is 0. The average Bonchev–Trinajstić information content (AvgIpc) is 0.751. The van der Waals surface area contributed by atoms with Crippen molar-refractivity contribution in [2.24, 2.45) is 53.1 Å². The van der Waals surface area contributed by atoms with E-state index in [1.165, 1.54) is 91.3 Å². The zero-order valence-electron chi connectivity index (χ0n) is 57.3. The molecule has 7 aromatic rings. The highest BCUT2D eigenvalue weighted by Gasteiger charge is 2.51. The van der Waals surface area contributed by atoms with Crippen LogP contribution in [0.1, 0.15) is 145 Å². The van der Waals surface area contributed by atoms with Crippen molar-refractivity contribution in [1.29, 1.82) is 0 Å². The molecule has 8 fully saturated rings. The molecule has 8 aliphatic carbocycles. The van der Waals surface area contributed by atoms with Crippen LogP contribution in [0, 0.1) is 47.3 Å². The molecule has 6 heterocycles. The summed E-state index contributed by atoms with van der Waals surface area (Å²) in [5, 5.41) is 108. The highest BCUT2D eigenvalue weighted by atomic mass is 35.5. The van der Waals surface area contributed by atoms with E-state index in [-0.39, 0.29) is 120 Å². The minimum Gasteiger partial charge on any atom is -0.508 e. The van der Waals surface area contributed by atoms with Gasteiger partial charge in [0.25, 0.3) is 0 Å². The number of phenolic OH excluding ortho intramolecular Hbond substituents is 6. The summed E-state index contributed by atoms with van der Waals surface area (Å²) in [6, 6.07) is 9.18. The molecule has 554 valence electrons. The highest BCUT2D eigenvalue weighted by Crippen LogP contribution is 2.57. The molecule has 8 atom stereocenters. The van der Waals surface area contributed by atoms with Crippen molar-refractivity contribution in [3.63, 3.8) is 0 Å². The fourth-order valence-corrected chi connectivity index (χ4v) is 19.8. The van der Waals surface area contributed by atoms with Crippen molar-refractivity contribution < 1.29 is 83.5 Å². The molecule has 26 nitrogen and oxygen atoms in total. The zero-order chi connectivity index (χ0) is 74.3. The van der Waals surface area contributed by atoms with Crippen LogP contribution < -0.4 is 62.5 Å². The van der Waals surface area contributed by atoms with Crippen molar-refractivity contribution in [3.8, 4) is 80.1 Å². The van der Waals surface area contributed by atoms with Gasteiger partial charge in [-0.2, -0.15) is 0 Å². The molecule has 8 saturated carbocycles. The molecular weight excluding hydrogens is 1420 g/mol. The van der Waals surface area contributed by atoms with E-state index < -0.39 is 136 Å². The van der Waals surface area contributed by atoms with Crippen LogP contribution >= 0.6 is 23.2 Å². The fraction of sp³-hybridized carbons (Fsp3) is 0.380. The Morgan fingerprint density at radius 3 is 1.66 bits per heavy atom. The summed E-state index contributed by atoms with van der Waals surface area (Å²) in [6.07, 6.45) is 7.62. The van der Waals surface area contributed by atoms with Crippen LogP contribution in [0.3, 0.4) is 0 Å². The van der Waals surface area contributed by atoms with Gasteiger partial charge in [0.2, 0.25) is 47.1 Å². The molecular formula is C79H77Cl2N9O17. The first-order valence-electron chi connectivity index (χ1n) is 36.2. The van der Waals surface area contributed by atoms with Gasteiger partial charge in [-0.3, -0.25) is 33.6 Å². The Kier molecular flexibility index (Phi) is 17.6. The molecule has 17 N–H and O–H groups in total. The third-order valence-electron chi connectivity index (χ3n) is 24.0. The Morgan fingerprint density at radius 1 is 0.477 bits per heavy atom. The number of aromatic hydroxyl groups is 6. The van der Waals surface area contributed by atoms with Crippen molar-refractivity contribution in [1.82, 2.24) is 42.5 Å². The predicted octanol–water partition coefficient (Wildman–Crippen LogP) is 8.76. The maximum Gasteiger partial charge on any atom is 0.248 e. The van der Waals surface area contributed by atoms with E-state index >= 15 is 28.8 Å². The van der Waals surface area contributed by atoms with Gasteiger partial charge in [-0.1, -0.05) is 47.5 Å². The number of rotatable bonds is 5. The highest BCUT2D eigenvalue weighted by molar-refractivity contribution is 6.32. The summed E-state index contributed by atoms with van der Waals surface area (Å²) >= 11 is 14.1. The maximum atomic E-state index is 16.3. The van der Waals surface area contributed by atoms with E-state index in [2.05, 4.69) is 42.5 Å². The molecule has 6 aliphatic heterocycles. The van der Waals surface area contributed by atoms with E-state index in [1.54, 1.807) is 0 Å². The lowest BCUT2D eigenvalue weighted by Gasteiger charge is -2.54. The second-order valence-corrected chi connectivity index (χ2v) is 31.6. The van der Waals surface area contributed by atoms with Crippen LogP contribution in [0.5, 0.6) is 69.0 Å². The monoisotopic (exact) mass is 1490 g/mol. The summed E-state index contributed by atoms with van der Waals surface area (Å²) < 4.78 is 18.8. The molecule has 7 unspecified atom stereocenters. The first-order chi connectivity index (χ1) is 51.4. The molecule has 25 bridgehead atoms. The van der Waals surface area contributed by atoms with Gasteiger partial charge in [-0.05, 0) is 229 Å². The summed E-state index contributed by atoms with van der Waals surface area (Å²) in [5.41, 5.74) is 5.51. The van der Waals surface area contributed by atoms with E-state index in [0.29, 0.717) is 41.1 Å². The van der Waals surface area contributed by atoms with E-state index in [0.717, 1.165) is 82.1 Å². The normalized spacial score (nSPS) is 30.2. The maximum absolute atomic E-state index is 16.3. The fourth-order valence-electron chi connectivity index (χ4n) is 19.4. The van der Waals surface area contributed by atoms with Gasteiger partial charge in [0, 0.05) is 42.2 Å². The van der Waals surface area contributed by atoms with Crippen LogP contribution in [0.4, 0.5) is 0 Å². The Labute approximate surface area is 622 Å². The number of carbonyl (C=O) groups excluding carboxylic acids is 7. The predicted molar refractivity (Wildman–Crippen MR) is 384 cm³/mol. The quantitative estimate of drug-likeness (QED) is 0.0765. The van der Waals surface area contributed by atoms with Gasteiger partial charge in [-0.25, -0.2) is 0 Å². The third kappa shape index (κ3) is 12.9. The van der Waals surface area contributed by atoms with Gasteiger partial charge in [-0.15, -0.1) is 0 Å². The van der Waals surface area contributed by atoms with E-state index in [9.17, 15) is 40.5 Å². The Hall–Kier alpha value is -10.5. The molecule has 0 saturated heterocycles. The van der Waals surface area contributed by atoms with Crippen molar-refractivity contribution in [2.45, 2.75) is 138 Å². The second kappa shape index (κ2) is 27.1. The molecule has 14 aliphatic rings. The Morgan fingerprint density at radius 2 is 1.03 bits per heavy atom. The Bertz CT molecular complexity index is 4870. The van der Waals surface area contributed by atoms with Crippen LogP contribution in [0.25, 0.3) is 11.1 Å². The SMILES string of the molecule is NC1C(=O)NC2Cc3ccc(c(Cl)c3)Oc3cc4cc(c3O)Oc3ccc(cc3Cl)C(O)C3NC(=O)C(NC(=O)C4NC(=O)C(NC2=O)c2cc(O)cc(c2)Oc2cc1ccc2O)c1ccc(O)c(c1)-c1c(cc(O)c(CNC2C4CC5CC(C4)CC2C5)c1O)[C@H](C(=O)NC1C2CC4CC(C2)CC1C4)NC3=O. The van der Waals surface area contributed by atoms with Crippen LogP contribution in [-0.4, -0.2) is 101 Å². The van der Waals surface area contributed by atoms with E-state index in [4.69, 9.17) is 43.1 Å². The van der Waals surface area contributed by atoms with E-state index in [1.807, 2.05) is 0 Å². The molecule has 21 rings (SSSR count). The number of phenols is 6. The number of nitrogens with one attached hydrogen (secondary N) is 8. The first kappa shape index (κ1) is 69.5. The van der Waals surface area contributed by atoms with Crippen molar-refractivity contribution in [3.05, 3.63) is 164 Å². The number of hydrogen-bond acceptors (Lipinski definition) is 19. The number of amides is 7. The number of carbonyl (C=O) groups is 7. The summed E-state index contributed by atoms with van der Waals surface area (Å²) in [6.45, 7) is -0.0783. The number of aliphatic hydroxyl groups is 1. The molecule has 0 spiro atoms. The largest absolute Gasteiger partial charge is 0.508 e. The van der Waals surface area contributed by atoms with Gasteiger partial charge >= 0.3 is 0 Å². The van der Waals surface area contributed by atoms with Crippen LogP contribution in [0.15, 0.2) is 109 Å². The topological polar surface area (TPSA) is 411 Å². The molecule has 7 amide bonds. The smallest absolute Gasteiger partial charge is 0.248 e. The lowest BCUT2D eigenvalue weighted by atomic mass is 9.54. The number of hydrogen-bond donors (Lipinski definition) is 16. The molecule has 0 radical (unpaired) electrons. The van der Waals surface area contributed by atoms with Crippen molar-refractivity contribution >= 4 is 64.6 Å². The van der Waals surface area contributed by atoms with Crippen LogP contribution in [-0.2, 0) is 46.5 Å². The van der Waals surface area contributed by atoms with Gasteiger partial charge < -0.3 is 98.2 Å². The number of fused-ring (bicyclic) bond motifs is 14. The minimum absolute atomic E-state index is 0.00838. The molecule has 7 aromatic carbocycles. The minimum atomic E-state index is -2.16. The zero-order valence-corrected chi connectivity index (χ0v) is 58.8. The number of ether oxygens (including phenoxy) is 3. The van der Waals surface area contributed by atoms with Gasteiger partial charge in [0.15, 0.2) is 23.0 Å². The number of halogens is 2. The second-order valence-electron chi connectivity index (χ2n) is 30.8. The molecule has 0 aromatic heterocycles. The number of benzene rings is 7. The third-order valence-corrected chi connectivity index (χ3v) is 24.6. The van der Waals surface area contributed by atoms with Crippen molar-refractivity contribution in [2.75, 3.05) is 0 Å². The van der Waals surface area contributed by atoms with Gasteiger partial charge in [0.05, 0.1) is 15.6 Å². The Balaban J connectivity index is 0.832. The molecule has 28 heteroatoms.